The molecule has 0 bridgehead atoms. The Balaban J connectivity index is 1.51. The maximum absolute atomic E-state index is 2.52. The van der Waals surface area contributed by atoms with Gasteiger partial charge in [0.1, 0.15) is 0 Å². The quantitative estimate of drug-likeness (QED) is 0.235. The minimum Gasteiger partial charge on any atom is -0.311 e. The Morgan fingerprint density at radius 2 is 1.05 bits per heavy atom. The van der Waals surface area contributed by atoms with Gasteiger partial charge in [-0.2, -0.15) is 0 Å². The second-order valence-corrected chi connectivity index (χ2v) is 10.1. The molecule has 2 aromatic heterocycles. The molecule has 0 spiro atoms. The molecule has 2 heteroatoms. The predicted octanol–water partition coefficient (Wildman–Crippen LogP) is 9.75. The van der Waals surface area contributed by atoms with E-state index in [1.165, 1.54) is 66.1 Å². The summed E-state index contributed by atoms with van der Waals surface area (Å²) in [4.78, 5) is 0. The lowest BCUT2D eigenvalue weighted by Crippen LogP contribution is -2.01. The number of hydrogen-bond donors (Lipinski definition) is 0. The van der Waals surface area contributed by atoms with Crippen LogP contribution in [-0.2, 0) is 0 Å². The highest BCUT2D eigenvalue weighted by atomic mass is 15.0. The Labute approximate surface area is 221 Å². The summed E-state index contributed by atoms with van der Waals surface area (Å²) in [5, 5.41) is 5.17. The van der Waals surface area contributed by atoms with E-state index in [-0.39, 0.29) is 0 Å². The van der Waals surface area contributed by atoms with Crippen molar-refractivity contribution in [3.63, 3.8) is 0 Å². The molecule has 0 saturated carbocycles. The van der Waals surface area contributed by atoms with Crippen LogP contribution in [0.3, 0.4) is 0 Å². The van der Waals surface area contributed by atoms with Gasteiger partial charge in [0.05, 0.1) is 22.1 Å². The van der Waals surface area contributed by atoms with Crippen molar-refractivity contribution in [2.75, 3.05) is 0 Å². The van der Waals surface area contributed by atoms with Gasteiger partial charge in [-0.05, 0) is 54.3 Å². The smallest absolute Gasteiger partial charge is 0.0788 e. The molecule has 0 fully saturated rings. The fraction of sp³-hybridized carbons (Fsp3) is 0.0556. The lowest BCUT2D eigenvalue weighted by molar-refractivity contribution is 0.979. The molecular weight excluding hydrogens is 460 g/mol. The predicted molar refractivity (Wildman–Crippen MR) is 162 cm³/mol. The van der Waals surface area contributed by atoms with Crippen LogP contribution in [0.25, 0.3) is 66.1 Å². The number of aromatic nitrogens is 2. The highest BCUT2D eigenvalue weighted by molar-refractivity contribution is 6.24. The Hall–Kier alpha value is -4.82. The van der Waals surface area contributed by atoms with Crippen LogP contribution in [0.5, 0.6) is 0 Å². The first-order valence-electron chi connectivity index (χ1n) is 13.4. The van der Waals surface area contributed by atoms with Crippen molar-refractivity contribution in [3.05, 3.63) is 133 Å². The maximum atomic E-state index is 2.52. The minimum atomic E-state index is 1.03. The van der Waals surface area contributed by atoms with Crippen LogP contribution in [0.1, 0.15) is 12.8 Å². The van der Waals surface area contributed by atoms with E-state index in [2.05, 4.69) is 143 Å². The average Bonchev–Trinajstić information content (AvgIpc) is 3.51. The molecule has 180 valence electrons. The van der Waals surface area contributed by atoms with Gasteiger partial charge in [-0.15, -0.1) is 0 Å². The number of allylic oxidation sites excluding steroid dienone is 4. The van der Waals surface area contributed by atoms with Gasteiger partial charge in [-0.1, -0.05) is 103 Å². The number of fused-ring (bicyclic) bond motifs is 7. The van der Waals surface area contributed by atoms with E-state index >= 15 is 0 Å². The van der Waals surface area contributed by atoms with Crippen molar-refractivity contribution in [2.45, 2.75) is 12.8 Å². The van der Waals surface area contributed by atoms with Crippen molar-refractivity contribution in [2.24, 2.45) is 0 Å². The second-order valence-electron chi connectivity index (χ2n) is 10.1. The summed E-state index contributed by atoms with van der Waals surface area (Å²) in [6, 6.07) is 41.9. The topological polar surface area (TPSA) is 9.86 Å². The van der Waals surface area contributed by atoms with E-state index < -0.39 is 0 Å². The van der Waals surface area contributed by atoms with Gasteiger partial charge in [-0.25, -0.2) is 0 Å². The molecule has 7 aromatic rings. The number of para-hydroxylation sites is 2. The molecule has 8 rings (SSSR count). The third kappa shape index (κ3) is 3.07. The van der Waals surface area contributed by atoms with Crippen LogP contribution in [-0.4, -0.2) is 9.13 Å². The Morgan fingerprint density at radius 1 is 0.474 bits per heavy atom. The van der Waals surface area contributed by atoms with E-state index in [0.717, 1.165) is 12.8 Å². The number of benzene rings is 5. The zero-order valence-electron chi connectivity index (χ0n) is 21.0. The molecule has 0 N–H and O–H groups in total. The maximum Gasteiger partial charge on any atom is 0.0788 e. The van der Waals surface area contributed by atoms with Crippen molar-refractivity contribution >= 4 is 49.3 Å². The summed E-state index contributed by atoms with van der Waals surface area (Å²) in [6.07, 6.45) is 8.86. The molecule has 0 aliphatic heterocycles. The van der Waals surface area contributed by atoms with Crippen LogP contribution >= 0.6 is 0 Å². The summed E-state index contributed by atoms with van der Waals surface area (Å²) in [5.41, 5.74) is 10.1. The van der Waals surface area contributed by atoms with Gasteiger partial charge < -0.3 is 9.13 Å². The fourth-order valence-corrected chi connectivity index (χ4v) is 6.28. The first kappa shape index (κ1) is 21.3. The molecule has 0 saturated heterocycles. The number of nitrogens with zero attached hydrogens (tertiary/aromatic N) is 2. The monoisotopic (exact) mass is 486 g/mol. The van der Waals surface area contributed by atoms with Crippen LogP contribution < -0.4 is 0 Å². The van der Waals surface area contributed by atoms with E-state index in [4.69, 9.17) is 0 Å². The van der Waals surface area contributed by atoms with Gasteiger partial charge in [0.25, 0.3) is 0 Å². The third-order valence-corrected chi connectivity index (χ3v) is 7.98. The molecule has 0 amide bonds. The van der Waals surface area contributed by atoms with E-state index in [1.807, 2.05) is 0 Å². The summed E-state index contributed by atoms with van der Waals surface area (Å²) in [5.74, 6) is 0. The van der Waals surface area contributed by atoms with Crippen LogP contribution in [0.4, 0.5) is 0 Å². The Kier molecular flexibility index (Phi) is 4.68. The summed E-state index contributed by atoms with van der Waals surface area (Å²) < 4.78 is 4.99. The molecule has 38 heavy (non-hydrogen) atoms. The SMILES string of the molecule is C1=CCCC(n2c3ccccc3c3ccc4c5ccccc5n(-c5ccc(-c6ccccc6)cc5)c4c32)=C1. The van der Waals surface area contributed by atoms with Crippen molar-refractivity contribution in [3.8, 4) is 16.8 Å². The van der Waals surface area contributed by atoms with Crippen molar-refractivity contribution < 1.29 is 0 Å². The van der Waals surface area contributed by atoms with Gasteiger partial charge in [0.2, 0.25) is 0 Å². The van der Waals surface area contributed by atoms with Gasteiger partial charge in [0.15, 0.2) is 0 Å². The molecule has 0 radical (unpaired) electrons. The summed E-state index contributed by atoms with van der Waals surface area (Å²) in [7, 11) is 0. The van der Waals surface area contributed by atoms with E-state index in [1.54, 1.807) is 0 Å². The molecule has 1 aliphatic carbocycles. The Bertz CT molecular complexity index is 2050. The van der Waals surface area contributed by atoms with Gasteiger partial charge in [-0.3, -0.25) is 0 Å². The summed E-state index contributed by atoms with van der Waals surface area (Å²) >= 11 is 0. The van der Waals surface area contributed by atoms with Crippen molar-refractivity contribution in [1.82, 2.24) is 9.13 Å². The first-order valence-corrected chi connectivity index (χ1v) is 13.4. The normalized spacial score (nSPS) is 13.6. The Morgan fingerprint density at radius 3 is 1.71 bits per heavy atom. The zero-order chi connectivity index (χ0) is 25.1. The van der Waals surface area contributed by atoms with Gasteiger partial charge in [0, 0.05) is 32.9 Å². The highest BCUT2D eigenvalue weighted by Gasteiger charge is 2.21. The first-order chi connectivity index (χ1) is 18.9. The second kappa shape index (κ2) is 8.36. The molecule has 1 aliphatic rings. The molecular formula is C36H26N2. The summed E-state index contributed by atoms with van der Waals surface area (Å²) in [6.45, 7) is 0. The van der Waals surface area contributed by atoms with Crippen molar-refractivity contribution in [1.29, 1.82) is 0 Å². The molecule has 2 heterocycles. The molecule has 2 nitrogen and oxygen atoms in total. The lowest BCUT2D eigenvalue weighted by Gasteiger charge is -2.16. The average molecular weight is 487 g/mol. The highest BCUT2D eigenvalue weighted by Crippen LogP contribution is 2.42. The molecule has 0 atom stereocenters. The van der Waals surface area contributed by atoms with Crippen LogP contribution in [0.2, 0.25) is 0 Å². The van der Waals surface area contributed by atoms with E-state index in [0.29, 0.717) is 0 Å². The minimum absolute atomic E-state index is 1.03. The molecule has 0 unspecified atom stereocenters. The van der Waals surface area contributed by atoms with E-state index in [9.17, 15) is 0 Å². The zero-order valence-corrected chi connectivity index (χ0v) is 21.0. The number of hydrogen-bond acceptors (Lipinski definition) is 0. The number of rotatable bonds is 3. The van der Waals surface area contributed by atoms with Crippen LogP contribution in [0.15, 0.2) is 133 Å². The standard InChI is InChI=1S/C36H26N2/c1-3-11-25(12-4-1)26-19-21-28(22-20-26)38-34-18-10-8-16-30(34)32-24-23-31-29-15-7-9-17-33(29)37(35(31)36(32)38)27-13-5-2-6-14-27/h1-5,7-13,15-24H,6,14H2. The lowest BCUT2D eigenvalue weighted by atomic mass is 10.1. The third-order valence-electron chi connectivity index (χ3n) is 7.98. The largest absolute Gasteiger partial charge is 0.311 e. The fourth-order valence-electron chi connectivity index (χ4n) is 6.28. The molecule has 5 aromatic carbocycles. The van der Waals surface area contributed by atoms with Gasteiger partial charge >= 0.3 is 0 Å². The van der Waals surface area contributed by atoms with Crippen LogP contribution in [0, 0.1) is 0 Å².